The number of carbonyl (C=O) groups is 1. The minimum atomic E-state index is -0.608. The summed E-state index contributed by atoms with van der Waals surface area (Å²) in [6.45, 7) is 4.09. The minimum absolute atomic E-state index is 0.0795. The Labute approximate surface area is 174 Å². The molecule has 5 nitrogen and oxygen atoms in total. The second-order valence-corrected chi connectivity index (χ2v) is 7.51. The van der Waals surface area contributed by atoms with E-state index in [2.05, 4.69) is 6.92 Å². The van der Waals surface area contributed by atoms with Gasteiger partial charge in [-0.25, -0.2) is 0 Å². The highest BCUT2D eigenvalue weighted by molar-refractivity contribution is 6.34. The normalized spacial score (nSPS) is 18.7. The standard InChI is InChI=1S/C23H23ClO5/c1-13-14(2)20(29-16-6-4-3-5-7-16)11-9-15(13)8-10-17(25)21-18(26)12-19(27)22(24)23(21)28/h3-7,9,11-12,14,20,26-28H,8,10H2,1-2H3. The molecule has 0 saturated carbocycles. The molecule has 0 heterocycles. The van der Waals surface area contributed by atoms with Gasteiger partial charge in [-0.3, -0.25) is 4.79 Å². The SMILES string of the molecule is CC1=C(CCC(=O)c2c(O)cc(O)c(Cl)c2O)C=CC(Oc2ccccc2)C1C. The average Bonchev–Trinajstić information content (AvgIpc) is 2.70. The Hall–Kier alpha value is -2.92. The van der Waals surface area contributed by atoms with Crippen molar-refractivity contribution in [2.75, 3.05) is 0 Å². The number of ether oxygens (including phenoxy) is 1. The lowest BCUT2D eigenvalue weighted by molar-refractivity contribution is 0.0977. The fraction of sp³-hybridized carbons (Fsp3) is 0.261. The summed E-state index contributed by atoms with van der Waals surface area (Å²) >= 11 is 5.77. The zero-order valence-electron chi connectivity index (χ0n) is 16.2. The number of carbonyl (C=O) groups excluding carboxylic acids is 1. The van der Waals surface area contributed by atoms with E-state index < -0.39 is 23.0 Å². The first-order valence-electron chi connectivity index (χ1n) is 9.35. The molecule has 0 amide bonds. The zero-order valence-corrected chi connectivity index (χ0v) is 17.0. The fourth-order valence-electron chi connectivity index (χ4n) is 3.39. The van der Waals surface area contributed by atoms with Crippen molar-refractivity contribution in [1.82, 2.24) is 0 Å². The van der Waals surface area contributed by atoms with Gasteiger partial charge >= 0.3 is 0 Å². The fourth-order valence-corrected chi connectivity index (χ4v) is 3.54. The van der Waals surface area contributed by atoms with E-state index in [9.17, 15) is 20.1 Å². The maximum absolute atomic E-state index is 12.6. The highest BCUT2D eigenvalue weighted by atomic mass is 35.5. The summed E-state index contributed by atoms with van der Waals surface area (Å²) in [4.78, 5) is 12.6. The van der Waals surface area contributed by atoms with Crippen LogP contribution in [0, 0.1) is 5.92 Å². The van der Waals surface area contributed by atoms with Crippen LogP contribution in [0.3, 0.4) is 0 Å². The summed E-state index contributed by atoms with van der Waals surface area (Å²) in [7, 11) is 0. The Balaban J connectivity index is 1.69. The van der Waals surface area contributed by atoms with Crippen LogP contribution in [0.1, 0.15) is 37.0 Å². The third-order valence-electron chi connectivity index (χ3n) is 5.28. The van der Waals surface area contributed by atoms with Crippen molar-refractivity contribution >= 4 is 17.4 Å². The van der Waals surface area contributed by atoms with E-state index in [1.54, 1.807) is 0 Å². The topological polar surface area (TPSA) is 87.0 Å². The van der Waals surface area contributed by atoms with E-state index in [4.69, 9.17) is 16.3 Å². The molecule has 3 N–H and O–H groups in total. The Kier molecular flexibility index (Phi) is 6.18. The molecule has 1 aliphatic rings. The van der Waals surface area contributed by atoms with Crippen LogP contribution in [0.15, 0.2) is 59.7 Å². The molecule has 0 spiro atoms. The van der Waals surface area contributed by atoms with Crippen LogP contribution in [0.25, 0.3) is 0 Å². The molecule has 0 fully saturated rings. The maximum atomic E-state index is 12.6. The molecule has 0 radical (unpaired) electrons. The number of hydrogen-bond donors (Lipinski definition) is 3. The molecule has 2 unspecified atom stereocenters. The average molecular weight is 415 g/mol. The smallest absolute Gasteiger partial charge is 0.170 e. The zero-order chi connectivity index (χ0) is 21.1. The monoisotopic (exact) mass is 414 g/mol. The van der Waals surface area contributed by atoms with Crippen LogP contribution in [-0.4, -0.2) is 27.2 Å². The van der Waals surface area contributed by atoms with Crippen LogP contribution in [0.4, 0.5) is 0 Å². The van der Waals surface area contributed by atoms with E-state index in [-0.39, 0.29) is 29.0 Å². The number of hydrogen-bond acceptors (Lipinski definition) is 5. The third kappa shape index (κ3) is 4.40. The number of phenolic OH excluding ortho intramolecular Hbond substituents is 3. The molecule has 6 heteroatoms. The summed E-state index contributed by atoms with van der Waals surface area (Å²) in [5.41, 5.74) is 1.87. The first-order chi connectivity index (χ1) is 13.8. The number of aromatic hydroxyl groups is 3. The third-order valence-corrected chi connectivity index (χ3v) is 5.66. The van der Waals surface area contributed by atoms with Gasteiger partial charge in [-0.2, -0.15) is 0 Å². The van der Waals surface area contributed by atoms with Crippen molar-refractivity contribution < 1.29 is 24.9 Å². The van der Waals surface area contributed by atoms with E-state index in [1.807, 2.05) is 49.4 Å². The molecular formula is C23H23ClO5. The lowest BCUT2D eigenvalue weighted by Crippen LogP contribution is -2.26. The maximum Gasteiger partial charge on any atom is 0.170 e. The molecule has 0 saturated heterocycles. The number of benzene rings is 2. The predicted molar refractivity (Wildman–Crippen MR) is 112 cm³/mol. The minimum Gasteiger partial charge on any atom is -0.507 e. The largest absolute Gasteiger partial charge is 0.507 e. The van der Waals surface area contributed by atoms with Crippen LogP contribution >= 0.6 is 11.6 Å². The second kappa shape index (κ2) is 8.62. The quantitative estimate of drug-likeness (QED) is 0.551. The molecule has 1 aliphatic carbocycles. The summed E-state index contributed by atoms with van der Waals surface area (Å²) < 4.78 is 6.04. The molecule has 0 aromatic heterocycles. The Morgan fingerprint density at radius 1 is 1.14 bits per heavy atom. The number of phenols is 3. The van der Waals surface area contributed by atoms with Gasteiger partial charge in [0.15, 0.2) is 11.5 Å². The Morgan fingerprint density at radius 2 is 1.83 bits per heavy atom. The van der Waals surface area contributed by atoms with Crippen molar-refractivity contribution in [1.29, 1.82) is 0 Å². The summed E-state index contributed by atoms with van der Waals surface area (Å²) in [6, 6.07) is 10.6. The highest BCUT2D eigenvalue weighted by Gasteiger charge is 2.25. The first-order valence-corrected chi connectivity index (χ1v) is 9.73. The van der Waals surface area contributed by atoms with Crippen molar-refractivity contribution in [2.45, 2.75) is 32.8 Å². The highest BCUT2D eigenvalue weighted by Crippen LogP contribution is 2.41. The Bertz CT molecular complexity index is 979. The summed E-state index contributed by atoms with van der Waals surface area (Å²) in [5, 5.41) is 29.1. The van der Waals surface area contributed by atoms with Crippen molar-refractivity contribution in [3.8, 4) is 23.0 Å². The van der Waals surface area contributed by atoms with Gasteiger partial charge in [0.1, 0.15) is 33.9 Å². The van der Waals surface area contributed by atoms with Crippen LogP contribution in [-0.2, 0) is 0 Å². The molecule has 2 aromatic carbocycles. The van der Waals surface area contributed by atoms with Crippen molar-refractivity contribution in [3.63, 3.8) is 0 Å². The van der Waals surface area contributed by atoms with Gasteiger partial charge in [0.2, 0.25) is 0 Å². The van der Waals surface area contributed by atoms with E-state index in [0.717, 1.165) is 23.0 Å². The van der Waals surface area contributed by atoms with Crippen LogP contribution in [0.2, 0.25) is 5.02 Å². The molecule has 2 aromatic rings. The number of ketones is 1. The molecule has 2 atom stereocenters. The van der Waals surface area contributed by atoms with Gasteiger partial charge in [0.25, 0.3) is 0 Å². The number of rotatable bonds is 6. The van der Waals surface area contributed by atoms with Gasteiger partial charge in [0, 0.05) is 18.4 Å². The van der Waals surface area contributed by atoms with Gasteiger partial charge in [0.05, 0.1) is 0 Å². The van der Waals surface area contributed by atoms with Crippen LogP contribution in [0.5, 0.6) is 23.0 Å². The van der Waals surface area contributed by atoms with Gasteiger partial charge in [-0.05, 0) is 37.1 Å². The van der Waals surface area contributed by atoms with Gasteiger partial charge in [-0.15, -0.1) is 0 Å². The van der Waals surface area contributed by atoms with Crippen LogP contribution < -0.4 is 4.74 Å². The number of halogens is 1. The molecular weight excluding hydrogens is 392 g/mol. The first kappa shape index (κ1) is 20.8. The van der Waals surface area contributed by atoms with Gasteiger partial charge < -0.3 is 20.1 Å². The predicted octanol–water partition coefficient (Wildman–Crippen LogP) is 5.39. The number of Topliss-reactive ketones (excluding diaryl/α,β-unsaturated/α-hetero) is 1. The van der Waals surface area contributed by atoms with Gasteiger partial charge in [-0.1, -0.05) is 48.4 Å². The molecule has 29 heavy (non-hydrogen) atoms. The second-order valence-electron chi connectivity index (χ2n) is 7.13. The number of para-hydroxylation sites is 1. The van der Waals surface area contributed by atoms with E-state index in [0.29, 0.717) is 6.42 Å². The lowest BCUT2D eigenvalue weighted by atomic mass is 9.85. The number of allylic oxidation sites excluding steroid dienone is 2. The van der Waals surface area contributed by atoms with E-state index in [1.165, 1.54) is 0 Å². The summed E-state index contributed by atoms with van der Waals surface area (Å²) in [6.07, 6.45) is 4.37. The Morgan fingerprint density at radius 3 is 2.52 bits per heavy atom. The van der Waals surface area contributed by atoms with Crippen molar-refractivity contribution in [2.24, 2.45) is 5.92 Å². The molecule has 0 bridgehead atoms. The molecule has 0 aliphatic heterocycles. The summed E-state index contributed by atoms with van der Waals surface area (Å²) in [5.74, 6) is -1.10. The van der Waals surface area contributed by atoms with Crippen molar-refractivity contribution in [3.05, 3.63) is 70.3 Å². The molecule has 3 rings (SSSR count). The lowest BCUT2D eigenvalue weighted by Gasteiger charge is -2.28. The molecule has 152 valence electrons. The van der Waals surface area contributed by atoms with E-state index >= 15 is 0 Å².